The number of ketones is 4. The smallest absolute Gasteiger partial charge is 0.235 e. The van der Waals surface area contributed by atoms with Crippen LogP contribution in [0.15, 0.2) is 18.2 Å². The van der Waals surface area contributed by atoms with Gasteiger partial charge in [0.05, 0.1) is 24.6 Å². The molecule has 2 aromatic rings. The quantitative estimate of drug-likeness (QED) is 0.429. The van der Waals surface area contributed by atoms with E-state index in [0.29, 0.717) is 28.6 Å². The predicted molar refractivity (Wildman–Crippen MR) is 145 cm³/mol. The van der Waals surface area contributed by atoms with E-state index in [-0.39, 0.29) is 24.2 Å². The van der Waals surface area contributed by atoms with Gasteiger partial charge in [0.1, 0.15) is 11.5 Å². The molecule has 2 saturated carbocycles. The predicted octanol–water partition coefficient (Wildman–Crippen LogP) is 0.235. The zero-order valence-corrected chi connectivity index (χ0v) is 23.2. The topological polar surface area (TPSA) is 168 Å². The van der Waals surface area contributed by atoms with Crippen molar-refractivity contribution in [3.05, 3.63) is 34.9 Å². The first kappa shape index (κ1) is 27.5. The lowest BCUT2D eigenvalue weighted by atomic mass is 9.52. The van der Waals surface area contributed by atoms with Crippen molar-refractivity contribution in [2.24, 2.45) is 29.4 Å². The van der Waals surface area contributed by atoms with Crippen molar-refractivity contribution < 1.29 is 38.9 Å². The first-order valence-corrected chi connectivity index (χ1v) is 13.8. The molecule has 11 heteroatoms. The molecule has 4 N–H and O–H groups in total. The van der Waals surface area contributed by atoms with Crippen LogP contribution >= 0.6 is 0 Å². The second-order valence-electron chi connectivity index (χ2n) is 12.0. The third-order valence-electron chi connectivity index (χ3n) is 9.61. The van der Waals surface area contributed by atoms with Crippen LogP contribution in [-0.2, 0) is 32.1 Å². The molecule has 41 heavy (non-hydrogen) atoms. The minimum absolute atomic E-state index is 0.0133. The van der Waals surface area contributed by atoms with E-state index in [1.165, 1.54) is 12.0 Å². The Kier molecular flexibility index (Phi) is 6.33. The van der Waals surface area contributed by atoms with E-state index < -0.39 is 64.4 Å². The highest BCUT2D eigenvalue weighted by Gasteiger charge is 2.69. The lowest BCUT2D eigenvalue weighted by molar-refractivity contribution is -0.181. The summed E-state index contributed by atoms with van der Waals surface area (Å²) in [5.74, 6) is -10.3. The normalized spacial score (nSPS) is 31.5. The third-order valence-corrected chi connectivity index (χ3v) is 9.61. The summed E-state index contributed by atoms with van der Waals surface area (Å²) in [6.45, 7) is 2.66. The molecule has 0 radical (unpaired) electrons. The first-order chi connectivity index (χ1) is 19.4. The van der Waals surface area contributed by atoms with Crippen LogP contribution in [0.25, 0.3) is 10.8 Å². The Morgan fingerprint density at radius 1 is 1.15 bits per heavy atom. The number of nitrogens with two attached hydrogens (primary N) is 1. The highest BCUT2D eigenvalue weighted by Crippen LogP contribution is 2.53. The monoisotopic (exact) mass is 563 g/mol. The maximum absolute atomic E-state index is 14.1. The minimum Gasteiger partial charge on any atom is -0.507 e. The van der Waals surface area contributed by atoms with Crippen molar-refractivity contribution in [1.29, 1.82) is 0 Å². The van der Waals surface area contributed by atoms with Crippen LogP contribution in [0.1, 0.15) is 34.3 Å². The van der Waals surface area contributed by atoms with Crippen molar-refractivity contribution in [1.82, 2.24) is 9.80 Å². The lowest BCUT2D eigenvalue weighted by Crippen LogP contribution is -2.74. The second kappa shape index (κ2) is 9.43. The number of hydrogen-bond acceptors (Lipinski definition) is 10. The van der Waals surface area contributed by atoms with E-state index in [0.717, 1.165) is 25.1 Å². The average Bonchev–Trinajstić information content (AvgIpc) is 2.88. The van der Waals surface area contributed by atoms with Gasteiger partial charge in [-0.05, 0) is 64.0 Å². The molecule has 6 atom stereocenters. The Labute approximate surface area is 236 Å². The summed E-state index contributed by atoms with van der Waals surface area (Å²) in [5, 5.41) is 24.2. The number of likely N-dealkylation sites (N-methyl/N-ethyl adjacent to an activating group) is 1. The van der Waals surface area contributed by atoms with Gasteiger partial charge in [0.2, 0.25) is 5.91 Å². The highest BCUT2D eigenvalue weighted by molar-refractivity contribution is 6.32. The number of amides is 1. The summed E-state index contributed by atoms with van der Waals surface area (Å²) in [6.07, 6.45) is 1.26. The number of carbonyl (C=O) groups is 5. The van der Waals surface area contributed by atoms with E-state index in [1.54, 1.807) is 14.1 Å². The van der Waals surface area contributed by atoms with E-state index in [9.17, 15) is 34.2 Å². The molecule has 0 aromatic heterocycles. The Bertz CT molecular complexity index is 1550. The van der Waals surface area contributed by atoms with Crippen LogP contribution in [0.3, 0.4) is 0 Å². The number of hydrogen-bond donors (Lipinski definition) is 3. The number of ether oxygens (including phenoxy) is 1. The number of methoxy groups -OCH3 is 1. The number of phenolic OH excluding ortho intramolecular Hbond substituents is 1. The fourth-order valence-corrected chi connectivity index (χ4v) is 7.61. The Morgan fingerprint density at radius 2 is 1.85 bits per heavy atom. The van der Waals surface area contributed by atoms with Crippen LogP contribution in [0.4, 0.5) is 0 Å². The van der Waals surface area contributed by atoms with Gasteiger partial charge in [0, 0.05) is 28.8 Å². The van der Waals surface area contributed by atoms with E-state index in [2.05, 4.69) is 4.90 Å². The molecule has 3 fully saturated rings. The van der Waals surface area contributed by atoms with Gasteiger partial charge in [-0.15, -0.1) is 0 Å². The fourth-order valence-electron chi connectivity index (χ4n) is 7.61. The molecule has 1 heterocycles. The Hall–Kier alpha value is -3.67. The Balaban J connectivity index is 1.48. The molecule has 0 spiro atoms. The summed E-state index contributed by atoms with van der Waals surface area (Å²) in [5.41, 5.74) is 3.96. The SMILES string of the molecule is COc1c2c(c(O)c3cc(CN4CCC4)ccc13)C(=O)C1C(=O)[C@]3(O)C(=O)C(C(N)=O)C(=O)[C@@H](N(C)C)[C@@H]3C[C@@H]1C2. The van der Waals surface area contributed by atoms with Crippen molar-refractivity contribution in [2.45, 2.75) is 37.5 Å². The van der Waals surface area contributed by atoms with Gasteiger partial charge in [-0.1, -0.05) is 12.1 Å². The van der Waals surface area contributed by atoms with Gasteiger partial charge in [0.25, 0.3) is 0 Å². The molecule has 1 amide bonds. The largest absolute Gasteiger partial charge is 0.507 e. The van der Waals surface area contributed by atoms with E-state index in [4.69, 9.17) is 10.5 Å². The molecule has 216 valence electrons. The van der Waals surface area contributed by atoms with E-state index in [1.807, 2.05) is 18.2 Å². The first-order valence-electron chi connectivity index (χ1n) is 13.8. The number of Topliss-reactive ketones (excluding diaryl/α,β-unsaturated/α-hetero) is 4. The molecule has 6 rings (SSSR count). The maximum Gasteiger partial charge on any atom is 0.235 e. The molecule has 2 unspecified atom stereocenters. The number of primary amides is 1. The molecule has 0 bridgehead atoms. The zero-order chi connectivity index (χ0) is 29.5. The molecule has 2 aromatic carbocycles. The van der Waals surface area contributed by atoms with Gasteiger partial charge in [0.15, 0.2) is 34.7 Å². The number of aliphatic hydroxyl groups is 1. The van der Waals surface area contributed by atoms with Crippen molar-refractivity contribution in [3.63, 3.8) is 0 Å². The zero-order valence-electron chi connectivity index (χ0n) is 23.2. The van der Waals surface area contributed by atoms with E-state index >= 15 is 0 Å². The van der Waals surface area contributed by atoms with Crippen LogP contribution in [0.2, 0.25) is 0 Å². The van der Waals surface area contributed by atoms with Gasteiger partial charge in [-0.2, -0.15) is 0 Å². The highest BCUT2D eigenvalue weighted by atomic mass is 16.5. The second-order valence-corrected chi connectivity index (χ2v) is 12.0. The number of benzene rings is 2. The molecular weight excluding hydrogens is 530 g/mol. The van der Waals surface area contributed by atoms with Gasteiger partial charge in [-0.3, -0.25) is 33.8 Å². The van der Waals surface area contributed by atoms with Gasteiger partial charge < -0.3 is 20.7 Å². The number of rotatable bonds is 5. The van der Waals surface area contributed by atoms with Crippen molar-refractivity contribution in [2.75, 3.05) is 34.3 Å². The molecular formula is C30H33N3O8. The summed E-state index contributed by atoms with van der Waals surface area (Å²) < 4.78 is 5.77. The fraction of sp³-hybridized carbons (Fsp3) is 0.500. The maximum atomic E-state index is 14.1. The lowest BCUT2D eigenvalue weighted by Gasteiger charge is -2.52. The van der Waals surface area contributed by atoms with Gasteiger partial charge >= 0.3 is 0 Å². The number of likely N-dealkylation sites (tertiary alicyclic amines) is 1. The summed E-state index contributed by atoms with van der Waals surface area (Å²) in [6, 6.07) is 4.48. The number of aromatic hydroxyl groups is 1. The average molecular weight is 564 g/mol. The number of nitrogens with zero attached hydrogens (tertiary/aromatic N) is 2. The van der Waals surface area contributed by atoms with Crippen LogP contribution in [0.5, 0.6) is 11.5 Å². The summed E-state index contributed by atoms with van der Waals surface area (Å²) in [7, 11) is 4.59. The third kappa shape index (κ3) is 3.72. The molecule has 3 aliphatic carbocycles. The Morgan fingerprint density at radius 3 is 2.44 bits per heavy atom. The summed E-state index contributed by atoms with van der Waals surface area (Å²) >= 11 is 0. The minimum atomic E-state index is -2.75. The van der Waals surface area contributed by atoms with Crippen molar-refractivity contribution in [3.8, 4) is 11.5 Å². The van der Waals surface area contributed by atoms with Crippen LogP contribution in [0, 0.1) is 23.7 Å². The molecule has 4 aliphatic rings. The number of phenols is 1. The molecule has 1 aliphatic heterocycles. The molecule has 11 nitrogen and oxygen atoms in total. The van der Waals surface area contributed by atoms with Crippen molar-refractivity contribution >= 4 is 39.8 Å². The van der Waals surface area contributed by atoms with Crippen LogP contribution < -0.4 is 10.5 Å². The van der Waals surface area contributed by atoms with Crippen LogP contribution in [-0.4, -0.2) is 95.0 Å². The molecule has 1 saturated heterocycles. The standard InChI is InChI=1S/C30H33N3O8/c1-32(2)22-18-11-14-10-17-20(24(35)19(14)27(37)30(18,40)28(38)21(25(22)36)29(31)39)23(34)16-9-13(12-33-7-4-8-33)5-6-15(16)26(17)41-3/h5-6,9,14,18-19,21-22,34,40H,4,7-8,10-12H2,1-3H3,(H2,31,39)/t14-,18-,19?,21?,22-,30-/m0/s1. The van der Waals surface area contributed by atoms with Gasteiger partial charge in [-0.25, -0.2) is 0 Å². The summed E-state index contributed by atoms with van der Waals surface area (Å²) in [4.78, 5) is 70.7. The number of carbonyl (C=O) groups excluding carboxylic acids is 5. The number of fused-ring (bicyclic) bond motifs is 4.